The molecule has 1 amide bonds. The Morgan fingerprint density at radius 3 is 2.82 bits per heavy atom. The van der Waals surface area contributed by atoms with E-state index in [9.17, 15) is 4.79 Å². The second-order valence-corrected chi connectivity index (χ2v) is 5.91. The lowest BCUT2D eigenvalue weighted by atomic mass is 10.0. The number of ether oxygens (including phenoxy) is 2. The minimum atomic E-state index is 0.0885. The molecule has 0 bridgehead atoms. The summed E-state index contributed by atoms with van der Waals surface area (Å²) < 4.78 is 11.1. The highest BCUT2D eigenvalue weighted by Gasteiger charge is 2.24. The molecule has 122 valence electrons. The average molecular weight is 305 g/mol. The van der Waals surface area contributed by atoms with Gasteiger partial charge in [0.2, 0.25) is 0 Å². The first-order valence-corrected chi connectivity index (χ1v) is 8.29. The minimum Gasteiger partial charge on any atom is -0.493 e. The van der Waals surface area contributed by atoms with Gasteiger partial charge in [-0.05, 0) is 50.8 Å². The van der Waals surface area contributed by atoms with Crippen molar-refractivity contribution in [3.63, 3.8) is 0 Å². The number of benzene rings is 1. The van der Waals surface area contributed by atoms with Crippen molar-refractivity contribution >= 4 is 5.91 Å². The van der Waals surface area contributed by atoms with E-state index in [2.05, 4.69) is 13.8 Å². The first kappa shape index (κ1) is 16.7. The summed E-state index contributed by atoms with van der Waals surface area (Å²) in [4.78, 5) is 14.6. The number of carbonyl (C=O) groups is 1. The van der Waals surface area contributed by atoms with Gasteiger partial charge in [-0.15, -0.1) is 0 Å². The molecule has 4 nitrogen and oxygen atoms in total. The van der Waals surface area contributed by atoms with Gasteiger partial charge < -0.3 is 14.4 Å². The smallest absolute Gasteiger partial charge is 0.254 e. The molecule has 1 atom stereocenters. The Bertz CT molecular complexity index is 501. The Morgan fingerprint density at radius 1 is 1.32 bits per heavy atom. The fourth-order valence-electron chi connectivity index (χ4n) is 2.81. The molecule has 0 aromatic heterocycles. The van der Waals surface area contributed by atoms with Crippen molar-refractivity contribution in [1.82, 2.24) is 4.90 Å². The number of hydrogen-bond acceptors (Lipinski definition) is 3. The van der Waals surface area contributed by atoms with Crippen LogP contribution in [-0.2, 0) is 0 Å². The van der Waals surface area contributed by atoms with Gasteiger partial charge in [-0.1, -0.05) is 13.3 Å². The number of rotatable bonds is 6. The Kier molecular flexibility index (Phi) is 6.10. The highest BCUT2D eigenvalue weighted by molar-refractivity contribution is 5.95. The quantitative estimate of drug-likeness (QED) is 0.748. The maximum absolute atomic E-state index is 12.7. The molecule has 0 N–H and O–H groups in total. The Labute approximate surface area is 133 Å². The number of nitrogens with zero attached hydrogens (tertiary/aromatic N) is 1. The van der Waals surface area contributed by atoms with Crippen molar-refractivity contribution in [2.75, 3.05) is 20.3 Å². The Balaban J connectivity index is 2.12. The van der Waals surface area contributed by atoms with Crippen LogP contribution in [0.15, 0.2) is 18.2 Å². The van der Waals surface area contributed by atoms with Gasteiger partial charge in [-0.2, -0.15) is 0 Å². The largest absolute Gasteiger partial charge is 0.493 e. The van der Waals surface area contributed by atoms with E-state index >= 15 is 0 Å². The van der Waals surface area contributed by atoms with Crippen LogP contribution in [0, 0.1) is 0 Å². The molecule has 0 spiro atoms. The summed E-state index contributed by atoms with van der Waals surface area (Å²) in [6.45, 7) is 5.76. The van der Waals surface area contributed by atoms with Crippen LogP contribution in [0.2, 0.25) is 0 Å². The summed E-state index contributed by atoms with van der Waals surface area (Å²) in [5, 5.41) is 0. The van der Waals surface area contributed by atoms with Gasteiger partial charge in [0.1, 0.15) is 0 Å². The highest BCUT2D eigenvalue weighted by Crippen LogP contribution is 2.29. The lowest BCUT2D eigenvalue weighted by molar-refractivity contribution is 0.0635. The maximum atomic E-state index is 12.7. The van der Waals surface area contributed by atoms with Crippen LogP contribution in [0.25, 0.3) is 0 Å². The third-order valence-electron chi connectivity index (χ3n) is 4.23. The van der Waals surface area contributed by atoms with E-state index in [0.29, 0.717) is 29.7 Å². The number of methoxy groups -OCH3 is 1. The van der Waals surface area contributed by atoms with Crippen LogP contribution in [0.3, 0.4) is 0 Å². The van der Waals surface area contributed by atoms with Crippen molar-refractivity contribution in [1.29, 1.82) is 0 Å². The molecule has 2 rings (SSSR count). The predicted molar refractivity (Wildman–Crippen MR) is 87.7 cm³/mol. The van der Waals surface area contributed by atoms with Gasteiger partial charge in [0.15, 0.2) is 11.5 Å². The number of unbranched alkanes of at least 4 members (excludes halogenated alkanes) is 1. The second kappa shape index (κ2) is 8.06. The number of hydrogen-bond donors (Lipinski definition) is 0. The molecule has 1 aliphatic heterocycles. The zero-order valence-electron chi connectivity index (χ0n) is 13.9. The molecule has 1 aromatic carbocycles. The summed E-state index contributed by atoms with van der Waals surface area (Å²) in [5.41, 5.74) is 0.674. The van der Waals surface area contributed by atoms with Crippen LogP contribution in [0.5, 0.6) is 11.5 Å². The second-order valence-electron chi connectivity index (χ2n) is 5.91. The molecule has 4 heteroatoms. The first-order chi connectivity index (χ1) is 10.7. The third-order valence-corrected chi connectivity index (χ3v) is 4.23. The lowest BCUT2D eigenvalue weighted by Gasteiger charge is -2.33. The first-order valence-electron chi connectivity index (χ1n) is 8.29. The zero-order valence-corrected chi connectivity index (χ0v) is 13.9. The molecule has 1 heterocycles. The van der Waals surface area contributed by atoms with Gasteiger partial charge in [0.25, 0.3) is 5.91 Å². The van der Waals surface area contributed by atoms with Gasteiger partial charge in [-0.3, -0.25) is 4.79 Å². The summed E-state index contributed by atoms with van der Waals surface area (Å²) in [6, 6.07) is 5.79. The molecule has 1 fully saturated rings. The fraction of sp³-hybridized carbons (Fsp3) is 0.611. The normalized spacial score (nSPS) is 18.1. The van der Waals surface area contributed by atoms with Gasteiger partial charge in [-0.25, -0.2) is 0 Å². The molecule has 0 radical (unpaired) electrons. The standard InChI is InChI=1S/C18H27NO3/c1-4-5-12-22-16-10-9-15(13-17(16)21-3)18(20)19-11-7-6-8-14(19)2/h9-10,13-14H,4-8,11-12H2,1-3H3. The van der Waals surface area contributed by atoms with E-state index in [1.54, 1.807) is 13.2 Å². The molecular weight excluding hydrogens is 278 g/mol. The number of piperidine rings is 1. The van der Waals surface area contributed by atoms with Gasteiger partial charge in [0, 0.05) is 18.2 Å². The van der Waals surface area contributed by atoms with Crippen molar-refractivity contribution < 1.29 is 14.3 Å². The van der Waals surface area contributed by atoms with E-state index in [0.717, 1.165) is 32.2 Å². The monoisotopic (exact) mass is 305 g/mol. The molecule has 1 aromatic rings. The van der Waals surface area contributed by atoms with E-state index in [1.807, 2.05) is 17.0 Å². The van der Waals surface area contributed by atoms with Crippen LogP contribution in [0.4, 0.5) is 0 Å². The number of amides is 1. The predicted octanol–water partition coefficient (Wildman–Crippen LogP) is 3.89. The van der Waals surface area contributed by atoms with Gasteiger partial charge >= 0.3 is 0 Å². The minimum absolute atomic E-state index is 0.0885. The molecule has 1 unspecified atom stereocenters. The van der Waals surface area contributed by atoms with E-state index in [-0.39, 0.29) is 5.91 Å². The number of carbonyl (C=O) groups excluding carboxylic acids is 1. The van der Waals surface area contributed by atoms with Gasteiger partial charge in [0.05, 0.1) is 13.7 Å². The van der Waals surface area contributed by atoms with E-state index < -0.39 is 0 Å². The summed E-state index contributed by atoms with van der Waals surface area (Å²) in [5.74, 6) is 1.43. The molecule has 1 saturated heterocycles. The van der Waals surface area contributed by atoms with Crippen molar-refractivity contribution in [2.45, 2.75) is 52.0 Å². The highest BCUT2D eigenvalue weighted by atomic mass is 16.5. The molecule has 1 aliphatic rings. The van der Waals surface area contributed by atoms with Crippen molar-refractivity contribution in [3.05, 3.63) is 23.8 Å². The van der Waals surface area contributed by atoms with Crippen LogP contribution in [-0.4, -0.2) is 37.1 Å². The average Bonchev–Trinajstić information content (AvgIpc) is 2.55. The van der Waals surface area contributed by atoms with E-state index in [1.165, 1.54) is 6.42 Å². The summed E-state index contributed by atoms with van der Waals surface area (Å²) in [7, 11) is 1.61. The lowest BCUT2D eigenvalue weighted by Crippen LogP contribution is -2.42. The van der Waals surface area contributed by atoms with Crippen molar-refractivity contribution in [3.8, 4) is 11.5 Å². The molecular formula is C18H27NO3. The third kappa shape index (κ3) is 3.93. The fourth-order valence-corrected chi connectivity index (χ4v) is 2.81. The van der Waals surface area contributed by atoms with E-state index in [4.69, 9.17) is 9.47 Å². The zero-order chi connectivity index (χ0) is 15.9. The molecule has 0 aliphatic carbocycles. The SMILES string of the molecule is CCCCOc1ccc(C(=O)N2CCCCC2C)cc1OC. The van der Waals surface area contributed by atoms with Crippen molar-refractivity contribution in [2.24, 2.45) is 0 Å². The summed E-state index contributed by atoms with van der Waals surface area (Å²) in [6.07, 6.45) is 5.48. The molecule has 22 heavy (non-hydrogen) atoms. The topological polar surface area (TPSA) is 38.8 Å². The number of likely N-dealkylation sites (tertiary alicyclic amines) is 1. The van der Waals surface area contributed by atoms with Crippen LogP contribution < -0.4 is 9.47 Å². The van der Waals surface area contributed by atoms with Crippen LogP contribution in [0.1, 0.15) is 56.3 Å². The Morgan fingerprint density at radius 2 is 2.14 bits per heavy atom. The molecule has 0 saturated carbocycles. The Hall–Kier alpha value is -1.71. The van der Waals surface area contributed by atoms with Crippen LogP contribution >= 0.6 is 0 Å². The maximum Gasteiger partial charge on any atom is 0.254 e. The summed E-state index contributed by atoms with van der Waals surface area (Å²) >= 11 is 0.